The molecule has 0 aromatic rings. The second kappa shape index (κ2) is 6.56. The van der Waals surface area contributed by atoms with Gasteiger partial charge in [0.05, 0.1) is 36.1 Å². The van der Waals surface area contributed by atoms with Crippen LogP contribution in [0.5, 0.6) is 0 Å². The average molecular weight is 336 g/mol. The van der Waals surface area contributed by atoms with Gasteiger partial charge >= 0.3 is 0 Å². The molecule has 2 N–H and O–H groups in total. The van der Waals surface area contributed by atoms with Crippen LogP contribution >= 0.6 is 0 Å². The highest BCUT2D eigenvalue weighted by Gasteiger charge is 2.45. The Bertz CT molecular complexity index is 544. The molecule has 0 aliphatic carbocycles. The van der Waals surface area contributed by atoms with Crippen molar-refractivity contribution in [2.24, 2.45) is 0 Å². The van der Waals surface area contributed by atoms with E-state index in [-0.39, 0.29) is 18.3 Å². The zero-order valence-electron chi connectivity index (χ0n) is 15.5. The molecule has 1 fully saturated rings. The molecule has 0 spiro atoms. The summed E-state index contributed by atoms with van der Waals surface area (Å²) in [5.41, 5.74) is 2.19. The van der Waals surface area contributed by atoms with Gasteiger partial charge in [-0.25, -0.2) is 0 Å². The Kier molecular flexibility index (Phi) is 4.95. The Morgan fingerprint density at radius 1 is 1.00 bits per heavy atom. The van der Waals surface area contributed by atoms with Crippen molar-refractivity contribution in [3.63, 3.8) is 0 Å². The predicted molar refractivity (Wildman–Crippen MR) is 93.8 cm³/mol. The highest BCUT2D eigenvalue weighted by Crippen LogP contribution is 2.39. The van der Waals surface area contributed by atoms with Gasteiger partial charge in [0.2, 0.25) is 0 Å². The van der Waals surface area contributed by atoms with E-state index in [0.29, 0.717) is 25.9 Å². The molecule has 136 valence electrons. The van der Waals surface area contributed by atoms with Gasteiger partial charge in [0.15, 0.2) is 0 Å². The molecule has 0 radical (unpaired) electrons. The second-order valence-electron chi connectivity index (χ2n) is 8.46. The zero-order chi connectivity index (χ0) is 17.5. The molecule has 5 atom stereocenters. The third-order valence-corrected chi connectivity index (χ3v) is 6.14. The van der Waals surface area contributed by atoms with Crippen LogP contribution in [0.1, 0.15) is 66.2 Å². The first-order chi connectivity index (χ1) is 11.2. The SMILES string of the molecule is CC1=CC2OCC(C)=C2CCC(C)(O)C2CCC(C)(O)C(CC1)O2. The minimum absolute atomic E-state index is 0.0431. The monoisotopic (exact) mass is 336 g/mol. The lowest BCUT2D eigenvalue weighted by Gasteiger charge is -2.46. The number of ether oxygens (including phenoxy) is 2. The predicted octanol–water partition coefficient (Wildman–Crippen LogP) is 3.27. The van der Waals surface area contributed by atoms with Gasteiger partial charge < -0.3 is 19.7 Å². The van der Waals surface area contributed by atoms with E-state index < -0.39 is 11.2 Å². The molecule has 3 rings (SSSR count). The van der Waals surface area contributed by atoms with E-state index in [1.165, 1.54) is 16.7 Å². The normalized spacial score (nSPS) is 44.4. The summed E-state index contributed by atoms with van der Waals surface area (Å²) in [6.45, 7) is 8.68. The van der Waals surface area contributed by atoms with Crippen LogP contribution in [-0.2, 0) is 9.47 Å². The third kappa shape index (κ3) is 3.62. The summed E-state index contributed by atoms with van der Waals surface area (Å²) in [5, 5.41) is 21.7. The number of rotatable bonds is 0. The topological polar surface area (TPSA) is 58.9 Å². The maximum Gasteiger partial charge on any atom is 0.0977 e. The summed E-state index contributed by atoms with van der Waals surface area (Å²) in [4.78, 5) is 0. The fraction of sp³-hybridized carbons (Fsp3) is 0.800. The largest absolute Gasteiger partial charge is 0.387 e. The molecule has 4 nitrogen and oxygen atoms in total. The van der Waals surface area contributed by atoms with E-state index in [4.69, 9.17) is 9.47 Å². The molecule has 3 aliphatic heterocycles. The summed E-state index contributed by atoms with van der Waals surface area (Å²) in [5.74, 6) is 0. The van der Waals surface area contributed by atoms with Crippen LogP contribution in [0.15, 0.2) is 22.8 Å². The van der Waals surface area contributed by atoms with Crippen LogP contribution in [0, 0.1) is 0 Å². The molecule has 4 heteroatoms. The van der Waals surface area contributed by atoms with Crippen LogP contribution in [0.2, 0.25) is 0 Å². The first-order valence-corrected chi connectivity index (χ1v) is 9.27. The minimum Gasteiger partial charge on any atom is -0.387 e. The summed E-state index contributed by atoms with van der Waals surface area (Å²) in [6, 6.07) is 0. The average Bonchev–Trinajstić information content (AvgIpc) is 2.83. The van der Waals surface area contributed by atoms with Crippen LogP contribution in [0.4, 0.5) is 0 Å². The Morgan fingerprint density at radius 3 is 2.42 bits per heavy atom. The molecule has 1 saturated heterocycles. The van der Waals surface area contributed by atoms with Gasteiger partial charge in [-0.15, -0.1) is 0 Å². The van der Waals surface area contributed by atoms with Crippen molar-refractivity contribution in [1.82, 2.24) is 0 Å². The van der Waals surface area contributed by atoms with Gasteiger partial charge in [0.25, 0.3) is 0 Å². The minimum atomic E-state index is -0.882. The number of fused-ring (bicyclic) bond motifs is 3. The Balaban J connectivity index is 1.89. The van der Waals surface area contributed by atoms with Crippen LogP contribution in [-0.4, -0.2) is 46.3 Å². The highest BCUT2D eigenvalue weighted by molar-refractivity contribution is 5.28. The van der Waals surface area contributed by atoms with E-state index in [1.54, 1.807) is 0 Å². The van der Waals surface area contributed by atoms with Crippen molar-refractivity contribution in [2.75, 3.05) is 6.61 Å². The fourth-order valence-corrected chi connectivity index (χ4v) is 4.24. The van der Waals surface area contributed by atoms with Gasteiger partial charge in [-0.2, -0.15) is 0 Å². The van der Waals surface area contributed by atoms with Crippen LogP contribution in [0.25, 0.3) is 0 Å². The van der Waals surface area contributed by atoms with Crippen molar-refractivity contribution in [3.05, 3.63) is 22.8 Å². The lowest BCUT2D eigenvalue weighted by Crippen LogP contribution is -2.54. The molecule has 0 aromatic carbocycles. The number of allylic oxidation sites excluding steroid dienone is 1. The summed E-state index contributed by atoms with van der Waals surface area (Å²) in [7, 11) is 0. The highest BCUT2D eigenvalue weighted by atomic mass is 16.5. The van der Waals surface area contributed by atoms with E-state index in [9.17, 15) is 10.2 Å². The molecule has 3 heterocycles. The van der Waals surface area contributed by atoms with Gasteiger partial charge in [-0.3, -0.25) is 0 Å². The first kappa shape index (κ1) is 18.1. The molecule has 3 aliphatic rings. The maximum absolute atomic E-state index is 11.0. The van der Waals surface area contributed by atoms with Crippen molar-refractivity contribution in [2.45, 2.75) is 95.7 Å². The van der Waals surface area contributed by atoms with Crippen LogP contribution in [0.3, 0.4) is 0 Å². The lowest BCUT2D eigenvalue weighted by molar-refractivity contribution is -0.216. The van der Waals surface area contributed by atoms with Gasteiger partial charge in [-0.1, -0.05) is 11.6 Å². The number of hydrogen-bond acceptors (Lipinski definition) is 4. The number of aliphatic hydroxyl groups is 2. The van der Waals surface area contributed by atoms with Gasteiger partial charge in [0.1, 0.15) is 0 Å². The van der Waals surface area contributed by atoms with Crippen LogP contribution < -0.4 is 0 Å². The second-order valence-corrected chi connectivity index (χ2v) is 8.46. The Labute approximate surface area is 145 Å². The standard InChI is InChI=1S/C20H32O4/c1-13-5-6-17-20(4,22)10-8-18(24-17)19(3,21)9-7-15-14(2)12-23-16(15)11-13/h11,16-18,21-22H,5-10,12H2,1-4H3. The van der Waals surface area contributed by atoms with Crippen molar-refractivity contribution in [3.8, 4) is 0 Å². The van der Waals surface area contributed by atoms with Crippen molar-refractivity contribution >= 4 is 0 Å². The molecule has 24 heavy (non-hydrogen) atoms. The zero-order valence-corrected chi connectivity index (χ0v) is 15.5. The summed E-state index contributed by atoms with van der Waals surface area (Å²) >= 11 is 0. The quantitative estimate of drug-likeness (QED) is 0.667. The molecule has 0 saturated carbocycles. The molecule has 0 aromatic heterocycles. The fourth-order valence-electron chi connectivity index (χ4n) is 4.24. The molecule has 5 unspecified atom stereocenters. The van der Waals surface area contributed by atoms with E-state index in [1.807, 2.05) is 13.8 Å². The van der Waals surface area contributed by atoms with E-state index >= 15 is 0 Å². The van der Waals surface area contributed by atoms with E-state index in [0.717, 1.165) is 19.3 Å². The Morgan fingerprint density at radius 2 is 1.67 bits per heavy atom. The van der Waals surface area contributed by atoms with Crippen molar-refractivity contribution < 1.29 is 19.7 Å². The van der Waals surface area contributed by atoms with E-state index in [2.05, 4.69) is 19.9 Å². The van der Waals surface area contributed by atoms with Crippen molar-refractivity contribution in [1.29, 1.82) is 0 Å². The molecular weight excluding hydrogens is 304 g/mol. The Hall–Kier alpha value is -0.680. The number of hydrogen-bond donors (Lipinski definition) is 2. The third-order valence-electron chi connectivity index (χ3n) is 6.14. The van der Waals surface area contributed by atoms with Gasteiger partial charge in [-0.05, 0) is 77.4 Å². The lowest BCUT2D eigenvalue weighted by atomic mass is 9.79. The maximum atomic E-state index is 11.0. The first-order valence-electron chi connectivity index (χ1n) is 9.27. The summed E-state index contributed by atoms with van der Waals surface area (Å²) in [6.07, 6.45) is 6.31. The summed E-state index contributed by atoms with van der Waals surface area (Å²) < 4.78 is 12.1. The molecular formula is C20H32O4. The smallest absolute Gasteiger partial charge is 0.0977 e. The molecule has 0 amide bonds. The van der Waals surface area contributed by atoms with Gasteiger partial charge in [0, 0.05) is 0 Å². The molecule has 2 bridgehead atoms.